The Morgan fingerprint density at radius 2 is 1.77 bits per heavy atom. The molecular weight excluding hydrogens is 399 g/mol. The van der Waals surface area contributed by atoms with Gasteiger partial charge in [0.25, 0.3) is 11.5 Å². The number of methoxy groups -OCH3 is 1. The average Bonchev–Trinajstić information content (AvgIpc) is 2.85. The van der Waals surface area contributed by atoms with E-state index in [4.69, 9.17) is 19.6 Å². The molecule has 0 saturated carbocycles. The number of pyridine rings is 1. The Kier molecular flexibility index (Phi) is 6.48. The van der Waals surface area contributed by atoms with Crippen molar-refractivity contribution in [2.45, 2.75) is 13.5 Å². The zero-order valence-electron chi connectivity index (χ0n) is 17.0. The number of carbonyl (C=O) groups is 1. The van der Waals surface area contributed by atoms with Gasteiger partial charge in [0.05, 0.1) is 19.4 Å². The van der Waals surface area contributed by atoms with E-state index in [0.717, 1.165) is 51.5 Å². The first kappa shape index (κ1) is 21.5. The second-order valence-corrected chi connectivity index (χ2v) is 7.55. The van der Waals surface area contributed by atoms with Gasteiger partial charge in [-0.3, -0.25) is 14.6 Å². The highest BCUT2D eigenvalue weighted by Gasteiger charge is 2.20. The van der Waals surface area contributed by atoms with E-state index in [9.17, 15) is 4.79 Å². The zero-order valence-corrected chi connectivity index (χ0v) is 18.2. The summed E-state index contributed by atoms with van der Waals surface area (Å²) in [5, 5.41) is 8.55. The van der Waals surface area contributed by atoms with Gasteiger partial charge in [-0.1, -0.05) is 24.3 Å². The third-order valence-corrected chi connectivity index (χ3v) is 5.06. The number of aryl methyl sites for hydroxylation is 1. The molecule has 6 nitrogen and oxygen atoms in total. The molecule has 7 heteroatoms. The quantitative estimate of drug-likeness (QED) is 0.644. The van der Waals surface area contributed by atoms with Crippen LogP contribution in [0.3, 0.4) is 0 Å². The van der Waals surface area contributed by atoms with Crippen molar-refractivity contribution >= 4 is 26.2 Å². The summed E-state index contributed by atoms with van der Waals surface area (Å²) in [5.74, 6) is -0.0508. The molecule has 2 aromatic carbocycles. The van der Waals surface area contributed by atoms with Crippen LogP contribution >= 0.6 is 9.24 Å². The predicted octanol–water partition coefficient (Wildman–Crippen LogP) is 3.00. The molecule has 0 aliphatic carbocycles. The van der Waals surface area contributed by atoms with Crippen LogP contribution in [0.1, 0.15) is 23.6 Å². The van der Waals surface area contributed by atoms with E-state index in [1.165, 1.54) is 0 Å². The van der Waals surface area contributed by atoms with Crippen LogP contribution < -0.4 is 15.6 Å². The molecule has 2 heterocycles. The van der Waals surface area contributed by atoms with Crippen LogP contribution in [0.25, 0.3) is 11.1 Å². The third kappa shape index (κ3) is 4.66. The lowest BCUT2D eigenvalue weighted by molar-refractivity contribution is -0.134. The number of fused-ring (bicyclic) bond motifs is 3. The van der Waals surface area contributed by atoms with Crippen molar-refractivity contribution in [2.75, 3.05) is 7.11 Å². The number of nitrogens with zero attached hydrogens (tertiary/aromatic N) is 2. The van der Waals surface area contributed by atoms with Crippen molar-refractivity contribution in [1.29, 1.82) is 0 Å². The monoisotopic (exact) mass is 422 g/mol. The highest BCUT2D eigenvalue weighted by Crippen LogP contribution is 2.34. The van der Waals surface area contributed by atoms with Gasteiger partial charge in [0.1, 0.15) is 5.75 Å². The lowest BCUT2D eigenvalue weighted by atomic mass is 9.93. The summed E-state index contributed by atoms with van der Waals surface area (Å²) in [6.45, 7) is 1.56. The number of carboxylic acids is 1. The van der Waals surface area contributed by atoms with Crippen LogP contribution in [0.5, 0.6) is 5.75 Å². The summed E-state index contributed by atoms with van der Waals surface area (Å²) in [7, 11) is 6.13. The Labute approximate surface area is 177 Å². The number of aliphatic imine (C=N–C) groups is 1. The number of hydrogen-bond donors (Lipinski definition) is 1. The molecule has 0 fully saturated rings. The van der Waals surface area contributed by atoms with E-state index in [1.807, 2.05) is 24.4 Å². The molecule has 1 aromatic heterocycles. The molecule has 4 rings (SSSR count). The number of hydrogen-bond acceptors (Lipinski definition) is 4. The third-order valence-electron chi connectivity index (χ3n) is 4.68. The van der Waals surface area contributed by atoms with Crippen LogP contribution in [-0.4, -0.2) is 28.5 Å². The SMILES string of the molecule is CC(=O)O.COc1ccc2c(c1)-c1cn(C)c(=O)cc1CN=C2c1ccc(P)cc1. The van der Waals surface area contributed by atoms with E-state index < -0.39 is 5.97 Å². The molecule has 154 valence electrons. The smallest absolute Gasteiger partial charge is 0.300 e. The molecule has 0 radical (unpaired) electrons. The van der Waals surface area contributed by atoms with E-state index in [0.29, 0.717) is 6.54 Å². The van der Waals surface area contributed by atoms with E-state index in [-0.39, 0.29) is 5.56 Å². The average molecular weight is 422 g/mol. The second kappa shape index (κ2) is 9.06. The first-order chi connectivity index (χ1) is 14.3. The van der Waals surface area contributed by atoms with Crippen molar-refractivity contribution < 1.29 is 14.6 Å². The molecule has 1 atom stereocenters. The van der Waals surface area contributed by atoms with Gasteiger partial charge in [0.15, 0.2) is 0 Å². The summed E-state index contributed by atoms with van der Waals surface area (Å²) in [6, 6.07) is 15.9. The van der Waals surface area contributed by atoms with Gasteiger partial charge in [0.2, 0.25) is 0 Å². The molecule has 0 spiro atoms. The number of aromatic nitrogens is 1. The van der Waals surface area contributed by atoms with Gasteiger partial charge in [-0.05, 0) is 34.6 Å². The molecule has 3 aromatic rings. The predicted molar refractivity (Wildman–Crippen MR) is 122 cm³/mol. The highest BCUT2D eigenvalue weighted by atomic mass is 31.0. The molecule has 1 aliphatic heterocycles. The minimum Gasteiger partial charge on any atom is -0.497 e. The van der Waals surface area contributed by atoms with E-state index >= 15 is 0 Å². The van der Waals surface area contributed by atoms with Gasteiger partial charge in [-0.25, -0.2) is 0 Å². The van der Waals surface area contributed by atoms with Crippen LogP contribution in [0.2, 0.25) is 0 Å². The Hall–Kier alpha value is -3.24. The van der Waals surface area contributed by atoms with Crippen molar-refractivity contribution in [3.8, 4) is 16.9 Å². The fourth-order valence-corrected chi connectivity index (χ4v) is 3.45. The maximum Gasteiger partial charge on any atom is 0.300 e. The van der Waals surface area contributed by atoms with Crippen molar-refractivity contribution in [1.82, 2.24) is 4.57 Å². The summed E-state index contributed by atoms with van der Waals surface area (Å²) in [6.07, 6.45) is 1.89. The number of aliphatic carboxylic acids is 1. The normalized spacial score (nSPS) is 11.8. The maximum atomic E-state index is 12.1. The minimum atomic E-state index is -0.833. The first-order valence-electron chi connectivity index (χ1n) is 9.28. The van der Waals surface area contributed by atoms with Crippen molar-refractivity contribution in [3.05, 3.63) is 81.8 Å². The highest BCUT2D eigenvalue weighted by molar-refractivity contribution is 7.27. The Balaban J connectivity index is 0.000000589. The summed E-state index contributed by atoms with van der Waals surface area (Å²) < 4.78 is 7.04. The van der Waals surface area contributed by atoms with Gasteiger partial charge in [0, 0.05) is 42.9 Å². The van der Waals surface area contributed by atoms with E-state index in [2.05, 4.69) is 33.5 Å². The van der Waals surface area contributed by atoms with E-state index in [1.54, 1.807) is 24.8 Å². The fourth-order valence-electron chi connectivity index (χ4n) is 3.26. The van der Waals surface area contributed by atoms with Gasteiger partial charge < -0.3 is 14.4 Å². The van der Waals surface area contributed by atoms with Crippen LogP contribution in [-0.2, 0) is 18.4 Å². The maximum absolute atomic E-state index is 12.1. The number of rotatable bonds is 2. The Morgan fingerprint density at radius 3 is 2.40 bits per heavy atom. The molecule has 0 amide bonds. The van der Waals surface area contributed by atoms with Gasteiger partial charge in [-0.2, -0.15) is 0 Å². The summed E-state index contributed by atoms with van der Waals surface area (Å²) in [5.41, 5.74) is 5.98. The molecule has 0 bridgehead atoms. The molecular formula is C23H23N2O4P. The van der Waals surface area contributed by atoms with Gasteiger partial charge >= 0.3 is 0 Å². The minimum absolute atomic E-state index is 0.0285. The van der Waals surface area contributed by atoms with Crippen LogP contribution in [0.15, 0.2) is 64.5 Å². The van der Waals surface area contributed by atoms with Crippen LogP contribution in [0.4, 0.5) is 0 Å². The Morgan fingerprint density at radius 1 is 1.10 bits per heavy atom. The molecule has 1 aliphatic rings. The lowest BCUT2D eigenvalue weighted by Crippen LogP contribution is -2.16. The number of carboxylic acid groups (broad SMARTS) is 1. The molecule has 0 saturated heterocycles. The molecule has 1 N–H and O–H groups in total. The standard InChI is InChI=1S/C21H19N2O2P.C2H4O2/c1-23-12-19-14(9-20(23)24)11-22-21(13-3-6-16(26)7-4-13)17-8-5-15(25-2)10-18(17)19;1-2(3)4/h3-10,12H,11,26H2,1-2H3;1H3,(H,3,4). The number of ether oxygens (including phenoxy) is 1. The van der Waals surface area contributed by atoms with Gasteiger partial charge in [-0.15, -0.1) is 9.24 Å². The molecule has 1 unspecified atom stereocenters. The lowest BCUT2D eigenvalue weighted by Gasteiger charge is -2.14. The largest absolute Gasteiger partial charge is 0.497 e. The zero-order chi connectivity index (χ0) is 21.8. The van der Waals surface area contributed by atoms with Crippen LogP contribution in [0, 0.1) is 0 Å². The fraction of sp³-hybridized carbons (Fsp3) is 0.174. The second-order valence-electron chi connectivity index (χ2n) is 6.88. The molecule has 30 heavy (non-hydrogen) atoms. The number of benzene rings is 2. The summed E-state index contributed by atoms with van der Waals surface area (Å²) in [4.78, 5) is 26.0. The summed E-state index contributed by atoms with van der Waals surface area (Å²) >= 11 is 0. The van der Waals surface area contributed by atoms with Crippen molar-refractivity contribution in [3.63, 3.8) is 0 Å². The Bertz CT molecular complexity index is 1180. The first-order valence-corrected chi connectivity index (χ1v) is 9.86. The topological polar surface area (TPSA) is 80.9 Å². The van der Waals surface area contributed by atoms with Crippen molar-refractivity contribution in [2.24, 2.45) is 12.0 Å².